The summed E-state index contributed by atoms with van der Waals surface area (Å²) < 4.78 is 20.6. The number of ether oxygens (including phenoxy) is 1. The smallest absolute Gasteiger partial charge is 0.148 e. The summed E-state index contributed by atoms with van der Waals surface area (Å²) in [5, 5.41) is 4.20. The van der Waals surface area contributed by atoms with Gasteiger partial charge in [-0.3, -0.25) is 0 Å². The third kappa shape index (κ3) is 1.64. The summed E-state index contributed by atoms with van der Waals surface area (Å²) in [4.78, 5) is 0. The number of halogens is 1. The summed E-state index contributed by atoms with van der Waals surface area (Å²) in [5.41, 5.74) is 8.08. The lowest BCUT2D eigenvalue weighted by Gasteiger charge is -2.20. The predicted octanol–water partition coefficient (Wildman–Crippen LogP) is 1.54. The van der Waals surface area contributed by atoms with Crippen molar-refractivity contribution in [1.29, 1.82) is 0 Å². The van der Waals surface area contributed by atoms with Gasteiger partial charge in [0.25, 0.3) is 0 Å². The first-order valence-corrected chi connectivity index (χ1v) is 5.42. The van der Waals surface area contributed by atoms with E-state index in [4.69, 9.17) is 10.5 Å². The Morgan fingerprint density at radius 1 is 1.41 bits per heavy atom. The van der Waals surface area contributed by atoms with Crippen LogP contribution in [0.4, 0.5) is 4.39 Å². The first-order chi connectivity index (χ1) is 8.27. The molecule has 4 nitrogen and oxygen atoms in total. The molecule has 0 radical (unpaired) electrons. The van der Waals surface area contributed by atoms with Gasteiger partial charge in [-0.05, 0) is 12.1 Å². The second-order valence-electron chi connectivity index (χ2n) is 4.03. The summed E-state index contributed by atoms with van der Waals surface area (Å²) >= 11 is 0. The fourth-order valence-corrected chi connectivity index (χ4v) is 2.04. The molecule has 5 heteroatoms. The molecule has 1 atom stereocenters. The molecule has 1 aliphatic heterocycles. The van der Waals surface area contributed by atoms with Gasteiger partial charge in [0.1, 0.15) is 11.5 Å². The molecular weight excluding hydrogens is 221 g/mol. The number of nitrogens with zero attached hydrogens (tertiary/aromatic N) is 2. The number of fused-ring (bicyclic) bond motifs is 1. The minimum absolute atomic E-state index is 0.181. The lowest BCUT2D eigenvalue weighted by atomic mass is 10.1. The Morgan fingerprint density at radius 3 is 3.06 bits per heavy atom. The number of hydrogen-bond acceptors (Lipinski definition) is 3. The highest BCUT2D eigenvalue weighted by Gasteiger charge is 2.23. The molecule has 0 saturated heterocycles. The Kier molecular flexibility index (Phi) is 2.42. The van der Waals surface area contributed by atoms with Gasteiger partial charge in [0.15, 0.2) is 0 Å². The van der Waals surface area contributed by atoms with Gasteiger partial charge in [0, 0.05) is 5.56 Å². The van der Waals surface area contributed by atoms with Crippen LogP contribution in [0.5, 0.6) is 0 Å². The lowest BCUT2D eigenvalue weighted by Crippen LogP contribution is -2.24. The third-order valence-corrected chi connectivity index (χ3v) is 2.92. The molecule has 0 aliphatic carbocycles. The van der Waals surface area contributed by atoms with Crippen LogP contribution >= 0.6 is 0 Å². The highest BCUT2D eigenvalue weighted by molar-refractivity contribution is 5.37. The summed E-state index contributed by atoms with van der Waals surface area (Å²) in [5.74, 6) is -0.308. The maximum atomic E-state index is 13.7. The van der Waals surface area contributed by atoms with E-state index in [1.54, 1.807) is 29.1 Å². The summed E-state index contributed by atoms with van der Waals surface area (Å²) in [6, 6.07) is 6.34. The topological polar surface area (TPSA) is 53.1 Å². The van der Waals surface area contributed by atoms with Crippen molar-refractivity contribution >= 4 is 0 Å². The second kappa shape index (κ2) is 3.94. The van der Waals surface area contributed by atoms with Crippen LogP contribution in [0, 0.1) is 5.82 Å². The molecule has 1 aromatic heterocycles. The summed E-state index contributed by atoms with van der Waals surface area (Å²) in [7, 11) is 0. The second-order valence-corrected chi connectivity index (χ2v) is 4.03. The Balaban J connectivity index is 2.14. The van der Waals surface area contributed by atoms with Crippen molar-refractivity contribution in [3.05, 3.63) is 47.5 Å². The number of rotatable bonds is 1. The van der Waals surface area contributed by atoms with Crippen molar-refractivity contribution in [1.82, 2.24) is 9.78 Å². The van der Waals surface area contributed by atoms with Crippen LogP contribution in [0.1, 0.15) is 17.3 Å². The zero-order chi connectivity index (χ0) is 11.8. The van der Waals surface area contributed by atoms with Crippen LogP contribution in [0.25, 0.3) is 5.69 Å². The van der Waals surface area contributed by atoms with Crippen LogP contribution in [-0.2, 0) is 11.3 Å². The van der Waals surface area contributed by atoms with E-state index in [0.717, 1.165) is 11.3 Å². The van der Waals surface area contributed by atoms with Crippen molar-refractivity contribution in [3.8, 4) is 5.69 Å². The van der Waals surface area contributed by atoms with E-state index in [1.807, 2.05) is 0 Å². The maximum Gasteiger partial charge on any atom is 0.148 e. The third-order valence-electron chi connectivity index (χ3n) is 2.92. The largest absolute Gasteiger partial charge is 0.373 e. The van der Waals surface area contributed by atoms with Gasteiger partial charge in [0.2, 0.25) is 0 Å². The van der Waals surface area contributed by atoms with Crippen molar-refractivity contribution in [3.63, 3.8) is 0 Å². The molecule has 3 rings (SSSR count). The van der Waals surface area contributed by atoms with Crippen molar-refractivity contribution in [2.24, 2.45) is 5.73 Å². The standard InChI is InChI=1S/C12H12FN3O/c13-9-3-1-2-4-11(9)16-12-7-17-6-10(14)8(12)5-15-16/h1-5,10H,6-7,14H2. The molecule has 1 unspecified atom stereocenters. The highest BCUT2D eigenvalue weighted by atomic mass is 19.1. The first kappa shape index (κ1) is 10.4. The molecule has 0 spiro atoms. The van der Waals surface area contributed by atoms with E-state index in [9.17, 15) is 4.39 Å². The molecule has 1 aromatic carbocycles. The molecule has 0 amide bonds. The fourth-order valence-electron chi connectivity index (χ4n) is 2.04. The van der Waals surface area contributed by atoms with Crippen LogP contribution < -0.4 is 5.73 Å². The number of para-hydroxylation sites is 1. The first-order valence-electron chi connectivity index (χ1n) is 5.42. The Hall–Kier alpha value is -1.72. The zero-order valence-electron chi connectivity index (χ0n) is 9.14. The zero-order valence-corrected chi connectivity index (χ0v) is 9.14. The SMILES string of the molecule is NC1COCc2c1cnn2-c1ccccc1F. The van der Waals surface area contributed by atoms with Gasteiger partial charge in [-0.1, -0.05) is 12.1 Å². The molecule has 1 aliphatic rings. The normalized spacial score (nSPS) is 19.1. The van der Waals surface area contributed by atoms with E-state index in [1.165, 1.54) is 6.07 Å². The van der Waals surface area contributed by atoms with Crippen molar-refractivity contribution < 1.29 is 9.13 Å². The predicted molar refractivity (Wildman–Crippen MR) is 60.1 cm³/mol. The molecule has 2 aromatic rings. The molecule has 17 heavy (non-hydrogen) atoms. The number of nitrogens with two attached hydrogens (primary N) is 1. The van der Waals surface area contributed by atoms with E-state index in [0.29, 0.717) is 18.9 Å². The van der Waals surface area contributed by atoms with E-state index < -0.39 is 0 Å². The molecule has 0 fully saturated rings. The minimum atomic E-state index is -0.308. The van der Waals surface area contributed by atoms with Gasteiger partial charge < -0.3 is 10.5 Å². The highest BCUT2D eigenvalue weighted by Crippen LogP contribution is 2.25. The van der Waals surface area contributed by atoms with Crippen LogP contribution in [0.15, 0.2) is 30.5 Å². The van der Waals surface area contributed by atoms with E-state index in [-0.39, 0.29) is 11.9 Å². The molecular formula is C12H12FN3O. The van der Waals surface area contributed by atoms with Crippen LogP contribution in [0.2, 0.25) is 0 Å². The minimum Gasteiger partial charge on any atom is -0.373 e. The van der Waals surface area contributed by atoms with Gasteiger partial charge in [-0.25, -0.2) is 9.07 Å². The molecule has 0 saturated carbocycles. The Morgan fingerprint density at radius 2 is 2.24 bits per heavy atom. The summed E-state index contributed by atoms with van der Waals surface area (Å²) in [6.07, 6.45) is 1.69. The molecule has 0 bridgehead atoms. The number of hydrogen-bond donors (Lipinski definition) is 1. The van der Waals surface area contributed by atoms with E-state index >= 15 is 0 Å². The monoisotopic (exact) mass is 233 g/mol. The summed E-state index contributed by atoms with van der Waals surface area (Å²) in [6.45, 7) is 0.896. The van der Waals surface area contributed by atoms with Crippen molar-refractivity contribution in [2.75, 3.05) is 6.61 Å². The average Bonchev–Trinajstić information content (AvgIpc) is 2.75. The Bertz CT molecular complexity index is 552. The van der Waals surface area contributed by atoms with Gasteiger partial charge in [-0.2, -0.15) is 5.10 Å². The quantitative estimate of drug-likeness (QED) is 0.812. The van der Waals surface area contributed by atoms with E-state index in [2.05, 4.69) is 5.10 Å². The van der Waals surface area contributed by atoms with Gasteiger partial charge in [-0.15, -0.1) is 0 Å². The van der Waals surface area contributed by atoms with Crippen LogP contribution in [-0.4, -0.2) is 16.4 Å². The van der Waals surface area contributed by atoms with Crippen molar-refractivity contribution in [2.45, 2.75) is 12.6 Å². The Labute approximate surface area is 97.8 Å². The molecule has 88 valence electrons. The number of benzene rings is 1. The van der Waals surface area contributed by atoms with Gasteiger partial charge >= 0.3 is 0 Å². The fraction of sp³-hybridized carbons (Fsp3) is 0.250. The molecule has 2 heterocycles. The molecule has 2 N–H and O–H groups in total. The average molecular weight is 233 g/mol. The lowest BCUT2D eigenvalue weighted by molar-refractivity contribution is 0.0884. The maximum absolute atomic E-state index is 13.7. The van der Waals surface area contributed by atoms with Gasteiger partial charge in [0.05, 0.1) is 31.1 Å². The van der Waals surface area contributed by atoms with Crippen LogP contribution in [0.3, 0.4) is 0 Å². The number of aromatic nitrogens is 2.